The SMILES string of the molecule is O=C(c1cc2c(s1)CCSC2)N1CCC2(CC1)OCCO2. The fourth-order valence-corrected chi connectivity index (χ4v) is 5.58. The van der Waals surface area contributed by atoms with Crippen molar-refractivity contribution in [2.75, 3.05) is 32.1 Å². The summed E-state index contributed by atoms with van der Waals surface area (Å²) < 4.78 is 11.4. The zero-order chi connectivity index (χ0) is 14.3. The Hall–Kier alpha value is -0.560. The number of amides is 1. The second-order valence-electron chi connectivity index (χ2n) is 5.76. The minimum Gasteiger partial charge on any atom is -0.347 e. The molecule has 1 aromatic heterocycles. The van der Waals surface area contributed by atoms with Crippen LogP contribution >= 0.6 is 23.1 Å². The molecule has 0 radical (unpaired) electrons. The van der Waals surface area contributed by atoms with Gasteiger partial charge in [-0.2, -0.15) is 11.8 Å². The van der Waals surface area contributed by atoms with Gasteiger partial charge in [-0.25, -0.2) is 0 Å². The summed E-state index contributed by atoms with van der Waals surface area (Å²) >= 11 is 3.65. The van der Waals surface area contributed by atoms with E-state index in [1.165, 1.54) is 16.2 Å². The van der Waals surface area contributed by atoms with Crippen molar-refractivity contribution in [2.45, 2.75) is 30.8 Å². The Morgan fingerprint density at radius 3 is 2.71 bits per heavy atom. The first-order valence-corrected chi connectivity index (χ1v) is 9.49. The van der Waals surface area contributed by atoms with Crippen LogP contribution in [0.15, 0.2) is 6.07 Å². The zero-order valence-electron chi connectivity index (χ0n) is 11.9. The van der Waals surface area contributed by atoms with Gasteiger partial charge in [-0.15, -0.1) is 11.3 Å². The van der Waals surface area contributed by atoms with Crippen LogP contribution < -0.4 is 0 Å². The molecule has 6 heteroatoms. The topological polar surface area (TPSA) is 38.8 Å². The van der Waals surface area contributed by atoms with Crippen molar-refractivity contribution >= 4 is 29.0 Å². The molecule has 2 fully saturated rings. The highest BCUT2D eigenvalue weighted by Crippen LogP contribution is 2.35. The summed E-state index contributed by atoms with van der Waals surface area (Å²) in [4.78, 5) is 16.9. The van der Waals surface area contributed by atoms with Crippen LogP contribution in [0.3, 0.4) is 0 Å². The Bertz CT molecular complexity index is 518. The number of ether oxygens (including phenoxy) is 2. The number of likely N-dealkylation sites (tertiary alicyclic amines) is 1. The van der Waals surface area contributed by atoms with Gasteiger partial charge in [0, 0.05) is 36.6 Å². The van der Waals surface area contributed by atoms with Gasteiger partial charge in [0.25, 0.3) is 5.91 Å². The number of thiophene rings is 1. The van der Waals surface area contributed by atoms with Gasteiger partial charge in [0.1, 0.15) is 0 Å². The Kier molecular flexibility index (Phi) is 3.73. The van der Waals surface area contributed by atoms with E-state index in [-0.39, 0.29) is 5.91 Å². The predicted octanol–water partition coefficient (Wildman–Crippen LogP) is 2.52. The number of thioether (sulfide) groups is 1. The second kappa shape index (κ2) is 5.57. The number of rotatable bonds is 1. The lowest BCUT2D eigenvalue weighted by Gasteiger charge is -2.37. The normalized spacial score (nSPS) is 24.3. The van der Waals surface area contributed by atoms with E-state index >= 15 is 0 Å². The number of carbonyl (C=O) groups is 1. The minimum atomic E-state index is -0.401. The molecular weight excluding hydrogens is 306 g/mol. The number of carbonyl (C=O) groups excluding carboxylic acids is 1. The van der Waals surface area contributed by atoms with Crippen LogP contribution in [0.2, 0.25) is 0 Å². The monoisotopic (exact) mass is 325 g/mol. The molecule has 0 atom stereocenters. The highest BCUT2D eigenvalue weighted by molar-refractivity contribution is 7.98. The Morgan fingerprint density at radius 1 is 1.24 bits per heavy atom. The third-order valence-corrected chi connectivity index (χ3v) is 6.70. The van der Waals surface area contributed by atoms with Gasteiger partial charge in [-0.1, -0.05) is 0 Å². The van der Waals surface area contributed by atoms with Gasteiger partial charge in [-0.3, -0.25) is 4.79 Å². The van der Waals surface area contributed by atoms with Crippen molar-refractivity contribution in [3.8, 4) is 0 Å². The van der Waals surface area contributed by atoms with E-state index in [0.717, 1.165) is 43.0 Å². The molecule has 0 N–H and O–H groups in total. The molecule has 0 unspecified atom stereocenters. The number of hydrogen-bond donors (Lipinski definition) is 0. The van der Waals surface area contributed by atoms with Crippen molar-refractivity contribution < 1.29 is 14.3 Å². The van der Waals surface area contributed by atoms with E-state index in [1.54, 1.807) is 11.3 Å². The first-order valence-electron chi connectivity index (χ1n) is 7.52. The summed E-state index contributed by atoms with van der Waals surface area (Å²) in [7, 11) is 0. The highest BCUT2D eigenvalue weighted by Gasteiger charge is 2.41. The summed E-state index contributed by atoms with van der Waals surface area (Å²) in [6, 6.07) is 2.11. The Morgan fingerprint density at radius 2 is 2.00 bits per heavy atom. The first-order chi connectivity index (χ1) is 10.3. The third-order valence-electron chi connectivity index (χ3n) is 4.46. The van der Waals surface area contributed by atoms with Gasteiger partial charge in [0.2, 0.25) is 0 Å². The summed E-state index contributed by atoms with van der Waals surface area (Å²) in [5.74, 6) is 2.03. The number of nitrogens with zero attached hydrogens (tertiary/aromatic N) is 1. The van der Waals surface area contributed by atoms with E-state index in [1.807, 2.05) is 16.7 Å². The first kappa shape index (κ1) is 14.1. The molecule has 4 heterocycles. The summed E-state index contributed by atoms with van der Waals surface area (Å²) in [5, 5.41) is 0. The molecule has 4 rings (SSSR count). The fraction of sp³-hybridized carbons (Fsp3) is 0.667. The molecule has 1 amide bonds. The molecule has 0 bridgehead atoms. The van der Waals surface area contributed by atoms with Crippen LogP contribution in [0.4, 0.5) is 0 Å². The largest absolute Gasteiger partial charge is 0.347 e. The lowest BCUT2D eigenvalue weighted by Crippen LogP contribution is -2.47. The maximum absolute atomic E-state index is 12.7. The molecule has 0 saturated carbocycles. The van der Waals surface area contributed by atoms with Crippen LogP contribution in [0.1, 0.15) is 33.0 Å². The summed E-state index contributed by atoms with van der Waals surface area (Å²) in [6.45, 7) is 2.83. The molecule has 21 heavy (non-hydrogen) atoms. The molecule has 3 aliphatic heterocycles. The van der Waals surface area contributed by atoms with Crippen molar-refractivity contribution in [3.05, 3.63) is 21.4 Å². The van der Waals surface area contributed by atoms with E-state index in [9.17, 15) is 4.79 Å². The maximum Gasteiger partial charge on any atom is 0.263 e. The molecule has 114 valence electrons. The van der Waals surface area contributed by atoms with E-state index < -0.39 is 5.79 Å². The molecule has 3 aliphatic rings. The number of fused-ring (bicyclic) bond motifs is 1. The van der Waals surface area contributed by atoms with Crippen molar-refractivity contribution in [1.29, 1.82) is 0 Å². The smallest absolute Gasteiger partial charge is 0.263 e. The lowest BCUT2D eigenvalue weighted by atomic mass is 10.0. The zero-order valence-corrected chi connectivity index (χ0v) is 13.6. The molecule has 4 nitrogen and oxygen atoms in total. The number of hydrogen-bond acceptors (Lipinski definition) is 5. The molecule has 0 aliphatic carbocycles. The van der Waals surface area contributed by atoms with Crippen molar-refractivity contribution in [2.24, 2.45) is 0 Å². The van der Waals surface area contributed by atoms with Gasteiger partial charge < -0.3 is 14.4 Å². The van der Waals surface area contributed by atoms with Crippen LogP contribution in [0, 0.1) is 0 Å². The Balaban J connectivity index is 1.44. The summed E-state index contributed by atoms with van der Waals surface area (Å²) in [6.07, 6.45) is 2.70. The quantitative estimate of drug-likeness (QED) is 0.795. The standard InChI is InChI=1S/C15H19NO3S2/c17-14(13-9-11-10-20-8-1-12(11)21-13)16-4-2-15(3-5-16)18-6-7-19-15/h9H,1-8,10H2. The predicted molar refractivity (Wildman–Crippen MR) is 84.0 cm³/mol. The molecular formula is C15H19NO3S2. The van der Waals surface area contributed by atoms with Crippen LogP contribution in [0.5, 0.6) is 0 Å². The lowest BCUT2D eigenvalue weighted by molar-refractivity contribution is -0.181. The van der Waals surface area contributed by atoms with Crippen LogP contribution in [-0.4, -0.2) is 48.7 Å². The average Bonchev–Trinajstić information content (AvgIpc) is 3.14. The molecule has 1 spiro atoms. The van der Waals surface area contributed by atoms with Crippen molar-refractivity contribution in [3.63, 3.8) is 0 Å². The van der Waals surface area contributed by atoms with Gasteiger partial charge in [0.15, 0.2) is 5.79 Å². The maximum atomic E-state index is 12.7. The minimum absolute atomic E-state index is 0.187. The third kappa shape index (κ3) is 2.63. The van der Waals surface area contributed by atoms with Gasteiger partial charge >= 0.3 is 0 Å². The average molecular weight is 325 g/mol. The number of piperidine rings is 1. The molecule has 0 aromatic carbocycles. The highest BCUT2D eigenvalue weighted by atomic mass is 32.2. The number of aryl methyl sites for hydroxylation is 1. The van der Waals surface area contributed by atoms with Gasteiger partial charge in [0.05, 0.1) is 18.1 Å². The fourth-order valence-electron chi connectivity index (χ4n) is 3.24. The van der Waals surface area contributed by atoms with Gasteiger partial charge in [-0.05, 0) is 23.8 Å². The summed E-state index contributed by atoms with van der Waals surface area (Å²) in [5.41, 5.74) is 1.37. The van der Waals surface area contributed by atoms with Crippen LogP contribution in [0.25, 0.3) is 0 Å². The second-order valence-corrected chi connectivity index (χ2v) is 8.00. The Labute approximate surface area is 132 Å². The van der Waals surface area contributed by atoms with Crippen LogP contribution in [-0.2, 0) is 21.6 Å². The van der Waals surface area contributed by atoms with E-state index in [0.29, 0.717) is 13.2 Å². The van der Waals surface area contributed by atoms with Crippen molar-refractivity contribution in [1.82, 2.24) is 4.90 Å². The van der Waals surface area contributed by atoms with E-state index in [2.05, 4.69) is 6.07 Å². The molecule has 2 saturated heterocycles. The molecule has 1 aromatic rings. The van der Waals surface area contributed by atoms with E-state index in [4.69, 9.17) is 9.47 Å².